The molecule has 0 aliphatic rings. The molecule has 16 heavy (non-hydrogen) atoms. The molecule has 2 rings (SSSR count). The lowest BCUT2D eigenvalue weighted by molar-refractivity contribution is 0.413. The van der Waals surface area contributed by atoms with Gasteiger partial charge >= 0.3 is 0 Å². The first kappa shape index (κ1) is 10.9. The predicted octanol–water partition coefficient (Wildman–Crippen LogP) is 3.68. The highest BCUT2D eigenvalue weighted by Crippen LogP contribution is 2.28. The molecule has 0 fully saturated rings. The van der Waals surface area contributed by atoms with Gasteiger partial charge in [0, 0.05) is 5.39 Å². The van der Waals surface area contributed by atoms with E-state index < -0.39 is 0 Å². The maximum absolute atomic E-state index is 5.22. The molecule has 0 saturated carbocycles. The molecule has 0 saturated heterocycles. The van der Waals surface area contributed by atoms with E-state index in [1.165, 1.54) is 16.5 Å². The van der Waals surface area contributed by atoms with Gasteiger partial charge in [-0.25, -0.2) is 0 Å². The van der Waals surface area contributed by atoms with Gasteiger partial charge in [-0.15, -0.1) is 0 Å². The maximum atomic E-state index is 5.22. The number of hydrogen-bond acceptors (Lipinski definition) is 2. The van der Waals surface area contributed by atoms with Gasteiger partial charge in [0.1, 0.15) is 5.75 Å². The van der Waals surface area contributed by atoms with Crippen molar-refractivity contribution < 1.29 is 4.74 Å². The van der Waals surface area contributed by atoms with Crippen LogP contribution in [0.2, 0.25) is 0 Å². The molecule has 0 spiro atoms. The Morgan fingerprint density at radius 2 is 1.94 bits per heavy atom. The third-order valence-electron chi connectivity index (χ3n) is 2.81. The Morgan fingerprint density at radius 1 is 1.19 bits per heavy atom. The standard InChI is InChI=1S/C14H17NO/c1-9(2)12-5-10(3)6-14-13(12)7-11(16-4)8-15-14/h5-9H,1-4H3. The van der Waals surface area contributed by atoms with Crippen molar-refractivity contribution in [3.63, 3.8) is 0 Å². The van der Waals surface area contributed by atoms with Crippen LogP contribution < -0.4 is 4.74 Å². The second-order valence-electron chi connectivity index (χ2n) is 4.45. The minimum atomic E-state index is 0.497. The van der Waals surface area contributed by atoms with E-state index in [1.807, 2.05) is 0 Å². The second-order valence-corrected chi connectivity index (χ2v) is 4.45. The predicted molar refractivity (Wildman–Crippen MR) is 67.1 cm³/mol. The van der Waals surface area contributed by atoms with E-state index in [9.17, 15) is 0 Å². The summed E-state index contributed by atoms with van der Waals surface area (Å²) in [5, 5.41) is 1.19. The fourth-order valence-corrected chi connectivity index (χ4v) is 1.97. The van der Waals surface area contributed by atoms with Crippen molar-refractivity contribution in [3.05, 3.63) is 35.5 Å². The van der Waals surface area contributed by atoms with Crippen LogP contribution in [-0.2, 0) is 0 Å². The Balaban J connectivity index is 2.75. The summed E-state index contributed by atoms with van der Waals surface area (Å²) in [5.74, 6) is 1.31. The molecule has 1 aromatic carbocycles. The van der Waals surface area contributed by atoms with Crippen LogP contribution >= 0.6 is 0 Å². The van der Waals surface area contributed by atoms with Crippen molar-refractivity contribution in [1.82, 2.24) is 4.98 Å². The zero-order valence-corrected chi connectivity index (χ0v) is 10.2. The van der Waals surface area contributed by atoms with Crippen LogP contribution in [0.3, 0.4) is 0 Å². The minimum absolute atomic E-state index is 0.497. The number of ether oxygens (including phenoxy) is 1. The summed E-state index contributed by atoms with van der Waals surface area (Å²) in [6.07, 6.45) is 1.77. The minimum Gasteiger partial charge on any atom is -0.495 e. The van der Waals surface area contributed by atoms with E-state index >= 15 is 0 Å². The van der Waals surface area contributed by atoms with Crippen molar-refractivity contribution in [3.8, 4) is 5.75 Å². The Morgan fingerprint density at radius 3 is 2.56 bits per heavy atom. The highest BCUT2D eigenvalue weighted by molar-refractivity contribution is 5.84. The average Bonchev–Trinajstić information content (AvgIpc) is 2.27. The summed E-state index contributed by atoms with van der Waals surface area (Å²) < 4.78 is 5.22. The summed E-state index contributed by atoms with van der Waals surface area (Å²) >= 11 is 0. The molecule has 0 unspecified atom stereocenters. The van der Waals surface area contributed by atoms with E-state index in [0.717, 1.165) is 11.3 Å². The van der Waals surface area contributed by atoms with Gasteiger partial charge in [0.2, 0.25) is 0 Å². The van der Waals surface area contributed by atoms with Crippen LogP contribution in [0.1, 0.15) is 30.9 Å². The number of pyridine rings is 1. The van der Waals surface area contributed by atoms with Gasteiger partial charge in [-0.1, -0.05) is 19.9 Å². The quantitative estimate of drug-likeness (QED) is 0.762. The molecule has 0 atom stereocenters. The molecule has 2 aromatic rings. The number of aryl methyl sites for hydroxylation is 1. The number of nitrogens with zero attached hydrogens (tertiary/aromatic N) is 1. The van der Waals surface area contributed by atoms with E-state index in [0.29, 0.717) is 5.92 Å². The molecular formula is C14H17NO. The van der Waals surface area contributed by atoms with Gasteiger partial charge in [0.25, 0.3) is 0 Å². The molecule has 1 heterocycles. The molecule has 0 aliphatic heterocycles. The number of methoxy groups -OCH3 is 1. The molecule has 0 N–H and O–H groups in total. The van der Waals surface area contributed by atoms with Gasteiger partial charge in [-0.2, -0.15) is 0 Å². The van der Waals surface area contributed by atoms with Gasteiger partial charge in [0.15, 0.2) is 0 Å². The average molecular weight is 215 g/mol. The highest BCUT2D eigenvalue weighted by Gasteiger charge is 2.08. The van der Waals surface area contributed by atoms with Crippen LogP contribution in [-0.4, -0.2) is 12.1 Å². The summed E-state index contributed by atoms with van der Waals surface area (Å²) in [6.45, 7) is 6.51. The Bertz CT molecular complexity index is 517. The second kappa shape index (κ2) is 4.12. The third-order valence-corrected chi connectivity index (χ3v) is 2.81. The number of hydrogen-bond donors (Lipinski definition) is 0. The number of fused-ring (bicyclic) bond motifs is 1. The van der Waals surface area contributed by atoms with E-state index in [1.54, 1.807) is 13.3 Å². The number of aromatic nitrogens is 1. The topological polar surface area (TPSA) is 22.1 Å². The molecule has 0 aliphatic carbocycles. The largest absolute Gasteiger partial charge is 0.495 e. The van der Waals surface area contributed by atoms with E-state index in [4.69, 9.17) is 4.74 Å². The first-order valence-corrected chi connectivity index (χ1v) is 5.56. The summed E-state index contributed by atoms with van der Waals surface area (Å²) in [4.78, 5) is 4.43. The summed E-state index contributed by atoms with van der Waals surface area (Å²) in [5.41, 5.74) is 3.64. The number of benzene rings is 1. The Kier molecular flexibility index (Phi) is 2.82. The van der Waals surface area contributed by atoms with Crippen molar-refractivity contribution in [2.75, 3.05) is 7.11 Å². The lowest BCUT2D eigenvalue weighted by Crippen LogP contribution is -1.94. The summed E-state index contributed by atoms with van der Waals surface area (Å²) in [6, 6.07) is 6.41. The van der Waals surface area contributed by atoms with Crippen LogP contribution in [0.4, 0.5) is 0 Å². The first-order valence-electron chi connectivity index (χ1n) is 5.56. The smallest absolute Gasteiger partial charge is 0.137 e. The zero-order valence-electron chi connectivity index (χ0n) is 10.2. The lowest BCUT2D eigenvalue weighted by atomic mass is 9.96. The molecule has 0 bridgehead atoms. The molecule has 0 radical (unpaired) electrons. The van der Waals surface area contributed by atoms with Crippen molar-refractivity contribution in [2.24, 2.45) is 0 Å². The van der Waals surface area contributed by atoms with Crippen LogP contribution in [0.15, 0.2) is 24.4 Å². The van der Waals surface area contributed by atoms with Crippen LogP contribution in [0.25, 0.3) is 10.9 Å². The first-order chi connectivity index (χ1) is 7.61. The van der Waals surface area contributed by atoms with E-state index in [2.05, 4.69) is 44.0 Å². The summed E-state index contributed by atoms with van der Waals surface area (Å²) in [7, 11) is 1.67. The molecular weight excluding hydrogens is 198 g/mol. The van der Waals surface area contributed by atoms with Crippen LogP contribution in [0, 0.1) is 6.92 Å². The molecule has 84 valence electrons. The van der Waals surface area contributed by atoms with Gasteiger partial charge in [0.05, 0.1) is 18.8 Å². The van der Waals surface area contributed by atoms with Crippen molar-refractivity contribution in [1.29, 1.82) is 0 Å². The third kappa shape index (κ3) is 1.87. The SMILES string of the molecule is COc1cnc2cc(C)cc(C(C)C)c2c1. The fourth-order valence-electron chi connectivity index (χ4n) is 1.97. The molecule has 0 amide bonds. The zero-order chi connectivity index (χ0) is 11.7. The van der Waals surface area contributed by atoms with Crippen molar-refractivity contribution >= 4 is 10.9 Å². The monoisotopic (exact) mass is 215 g/mol. The van der Waals surface area contributed by atoms with Gasteiger partial charge < -0.3 is 4.74 Å². The highest BCUT2D eigenvalue weighted by atomic mass is 16.5. The van der Waals surface area contributed by atoms with Gasteiger partial charge in [-0.05, 0) is 36.1 Å². The van der Waals surface area contributed by atoms with Crippen LogP contribution in [0.5, 0.6) is 5.75 Å². The maximum Gasteiger partial charge on any atom is 0.137 e. The van der Waals surface area contributed by atoms with Crippen molar-refractivity contribution in [2.45, 2.75) is 26.7 Å². The lowest BCUT2D eigenvalue weighted by Gasteiger charge is -2.12. The molecule has 1 aromatic heterocycles. The molecule has 2 nitrogen and oxygen atoms in total. The Labute approximate surface area is 96.3 Å². The normalized spacial score (nSPS) is 11.1. The van der Waals surface area contributed by atoms with Gasteiger partial charge in [-0.3, -0.25) is 4.98 Å². The number of rotatable bonds is 2. The van der Waals surface area contributed by atoms with E-state index in [-0.39, 0.29) is 0 Å². The fraction of sp³-hybridized carbons (Fsp3) is 0.357. The Hall–Kier alpha value is -1.57. The molecule has 2 heteroatoms.